The molecule has 1 heterocycles. The monoisotopic (exact) mass is 415 g/mol. The van der Waals surface area contributed by atoms with Crippen LogP contribution in [-0.2, 0) is 9.59 Å². The Labute approximate surface area is 176 Å². The molecule has 0 aromatic heterocycles. The molecule has 0 spiro atoms. The van der Waals surface area contributed by atoms with E-state index in [-0.39, 0.29) is 25.0 Å². The van der Waals surface area contributed by atoms with Crippen molar-refractivity contribution in [3.05, 3.63) is 53.6 Å². The molecule has 0 atom stereocenters. The standard InChI is InChI=1S/C22H26ClN3O3/c1-24-10-12-26(13-11-24)21(27)15-25(2)22(28)16-29-20-9-8-18(14-19(20)23)17-6-4-3-5-7-17/h3-9,14H,10-13,15-16H2,1-2H3. The number of piperazine rings is 1. The maximum Gasteiger partial charge on any atom is 0.260 e. The maximum absolute atomic E-state index is 12.4. The highest BCUT2D eigenvalue weighted by atomic mass is 35.5. The second-order valence-corrected chi connectivity index (χ2v) is 7.64. The molecule has 2 aromatic rings. The maximum atomic E-state index is 12.4. The molecule has 29 heavy (non-hydrogen) atoms. The van der Waals surface area contributed by atoms with Crippen molar-refractivity contribution in [2.75, 3.05) is 53.4 Å². The molecule has 1 saturated heterocycles. The topological polar surface area (TPSA) is 53.1 Å². The Balaban J connectivity index is 1.51. The smallest absolute Gasteiger partial charge is 0.260 e. The summed E-state index contributed by atoms with van der Waals surface area (Å²) in [4.78, 5) is 30.1. The highest BCUT2D eigenvalue weighted by Gasteiger charge is 2.22. The largest absolute Gasteiger partial charge is 0.482 e. The van der Waals surface area contributed by atoms with Crippen molar-refractivity contribution in [2.24, 2.45) is 0 Å². The number of nitrogens with zero attached hydrogens (tertiary/aromatic N) is 3. The molecule has 0 radical (unpaired) electrons. The van der Waals surface area contributed by atoms with Crippen LogP contribution in [-0.4, -0.2) is 79.9 Å². The minimum atomic E-state index is -0.268. The zero-order chi connectivity index (χ0) is 20.8. The summed E-state index contributed by atoms with van der Waals surface area (Å²) < 4.78 is 5.60. The fourth-order valence-corrected chi connectivity index (χ4v) is 3.36. The highest BCUT2D eigenvalue weighted by molar-refractivity contribution is 6.32. The van der Waals surface area contributed by atoms with Gasteiger partial charge in [-0.05, 0) is 30.3 Å². The quantitative estimate of drug-likeness (QED) is 0.727. The van der Waals surface area contributed by atoms with Gasteiger partial charge < -0.3 is 19.4 Å². The lowest BCUT2D eigenvalue weighted by Crippen LogP contribution is -2.50. The summed E-state index contributed by atoms with van der Waals surface area (Å²) in [6, 6.07) is 15.4. The van der Waals surface area contributed by atoms with Crippen LogP contribution < -0.4 is 4.74 Å². The Morgan fingerprint density at radius 3 is 2.38 bits per heavy atom. The molecular weight excluding hydrogens is 390 g/mol. The molecule has 6 nitrogen and oxygen atoms in total. The van der Waals surface area contributed by atoms with Crippen LogP contribution in [0.3, 0.4) is 0 Å². The van der Waals surface area contributed by atoms with E-state index in [0.29, 0.717) is 23.9 Å². The lowest BCUT2D eigenvalue weighted by Gasteiger charge is -2.33. The molecular formula is C22H26ClN3O3. The molecule has 0 bridgehead atoms. The fourth-order valence-electron chi connectivity index (χ4n) is 3.12. The number of amides is 2. The van der Waals surface area contributed by atoms with Crippen LogP contribution in [0.4, 0.5) is 0 Å². The fraction of sp³-hybridized carbons (Fsp3) is 0.364. The number of hydrogen-bond donors (Lipinski definition) is 0. The summed E-state index contributed by atoms with van der Waals surface area (Å²) in [7, 11) is 3.64. The summed E-state index contributed by atoms with van der Waals surface area (Å²) >= 11 is 6.33. The zero-order valence-electron chi connectivity index (χ0n) is 16.8. The van der Waals surface area contributed by atoms with Gasteiger partial charge in [-0.3, -0.25) is 9.59 Å². The Kier molecular flexibility index (Phi) is 7.12. The van der Waals surface area contributed by atoms with Gasteiger partial charge >= 0.3 is 0 Å². The second kappa shape index (κ2) is 9.76. The molecule has 0 N–H and O–H groups in total. The van der Waals surface area contributed by atoms with Crippen LogP contribution >= 0.6 is 11.6 Å². The number of rotatable bonds is 6. The minimum absolute atomic E-state index is 0.0424. The van der Waals surface area contributed by atoms with Gasteiger partial charge in [0.25, 0.3) is 5.91 Å². The summed E-state index contributed by atoms with van der Waals surface area (Å²) in [5.74, 6) is 0.133. The third kappa shape index (κ3) is 5.71. The van der Waals surface area contributed by atoms with Crippen molar-refractivity contribution in [3.8, 4) is 16.9 Å². The van der Waals surface area contributed by atoms with E-state index < -0.39 is 0 Å². The average Bonchev–Trinajstić information content (AvgIpc) is 2.73. The van der Waals surface area contributed by atoms with Gasteiger partial charge in [-0.15, -0.1) is 0 Å². The molecule has 1 aliphatic rings. The molecule has 0 aliphatic carbocycles. The minimum Gasteiger partial charge on any atom is -0.482 e. The predicted octanol–water partition coefficient (Wildman–Crippen LogP) is 2.62. The third-order valence-electron chi connectivity index (χ3n) is 5.04. The van der Waals surface area contributed by atoms with Gasteiger partial charge in [0.1, 0.15) is 5.75 Å². The summed E-state index contributed by atoms with van der Waals surface area (Å²) in [5, 5.41) is 0.440. The zero-order valence-corrected chi connectivity index (χ0v) is 17.6. The van der Waals surface area contributed by atoms with E-state index in [1.165, 1.54) is 4.90 Å². The first-order valence-corrected chi connectivity index (χ1v) is 10.00. The lowest BCUT2D eigenvalue weighted by atomic mass is 10.1. The first-order chi connectivity index (χ1) is 13.9. The summed E-state index contributed by atoms with van der Waals surface area (Å²) in [6.07, 6.45) is 0. The number of hydrogen-bond acceptors (Lipinski definition) is 4. The van der Waals surface area contributed by atoms with E-state index in [9.17, 15) is 9.59 Å². The van der Waals surface area contributed by atoms with E-state index in [4.69, 9.17) is 16.3 Å². The van der Waals surface area contributed by atoms with E-state index >= 15 is 0 Å². The third-order valence-corrected chi connectivity index (χ3v) is 5.34. The Morgan fingerprint density at radius 2 is 1.72 bits per heavy atom. The van der Waals surface area contributed by atoms with Gasteiger partial charge in [-0.25, -0.2) is 0 Å². The number of benzene rings is 2. The number of halogens is 1. The van der Waals surface area contributed by atoms with Crippen molar-refractivity contribution in [1.82, 2.24) is 14.7 Å². The van der Waals surface area contributed by atoms with Crippen LogP contribution in [0.2, 0.25) is 5.02 Å². The van der Waals surface area contributed by atoms with Crippen LogP contribution in [0.5, 0.6) is 5.75 Å². The number of ether oxygens (including phenoxy) is 1. The number of carbonyl (C=O) groups excluding carboxylic acids is 2. The van der Waals surface area contributed by atoms with Gasteiger partial charge in [0.2, 0.25) is 5.91 Å². The van der Waals surface area contributed by atoms with Crippen LogP contribution in [0.15, 0.2) is 48.5 Å². The Morgan fingerprint density at radius 1 is 1.03 bits per heavy atom. The van der Waals surface area contributed by atoms with Crippen molar-refractivity contribution in [2.45, 2.75) is 0 Å². The van der Waals surface area contributed by atoms with Gasteiger partial charge in [0.05, 0.1) is 11.6 Å². The molecule has 2 amide bonds. The molecule has 154 valence electrons. The second-order valence-electron chi connectivity index (χ2n) is 7.23. The van der Waals surface area contributed by atoms with Crippen molar-refractivity contribution >= 4 is 23.4 Å². The first-order valence-electron chi connectivity index (χ1n) is 9.62. The van der Waals surface area contributed by atoms with Gasteiger partial charge in [-0.2, -0.15) is 0 Å². The average molecular weight is 416 g/mol. The van der Waals surface area contributed by atoms with Gasteiger partial charge in [0.15, 0.2) is 6.61 Å². The van der Waals surface area contributed by atoms with Crippen LogP contribution in [0.25, 0.3) is 11.1 Å². The molecule has 1 fully saturated rings. The highest BCUT2D eigenvalue weighted by Crippen LogP contribution is 2.30. The Hall–Kier alpha value is -2.57. The molecule has 7 heteroatoms. The summed E-state index contributed by atoms with van der Waals surface area (Å²) in [6.45, 7) is 2.96. The molecule has 1 aliphatic heterocycles. The SMILES string of the molecule is CN1CCN(C(=O)CN(C)C(=O)COc2ccc(-c3ccccc3)cc2Cl)CC1. The van der Waals surface area contributed by atoms with E-state index in [1.807, 2.05) is 49.5 Å². The predicted molar refractivity (Wildman–Crippen MR) is 114 cm³/mol. The van der Waals surface area contributed by atoms with Crippen LogP contribution in [0, 0.1) is 0 Å². The van der Waals surface area contributed by atoms with Crippen molar-refractivity contribution in [1.29, 1.82) is 0 Å². The first kappa shape index (κ1) is 21.1. The normalized spacial score (nSPS) is 14.5. The summed E-state index contributed by atoms with van der Waals surface area (Å²) in [5.41, 5.74) is 2.03. The van der Waals surface area contributed by atoms with E-state index in [1.54, 1.807) is 18.0 Å². The van der Waals surface area contributed by atoms with Crippen molar-refractivity contribution < 1.29 is 14.3 Å². The van der Waals surface area contributed by atoms with Crippen LogP contribution in [0.1, 0.15) is 0 Å². The Bertz CT molecular complexity index is 852. The lowest BCUT2D eigenvalue weighted by molar-refractivity contribution is -0.141. The molecule has 0 unspecified atom stereocenters. The molecule has 2 aromatic carbocycles. The number of likely N-dealkylation sites (N-methyl/N-ethyl adjacent to an activating group) is 2. The van der Waals surface area contributed by atoms with E-state index in [2.05, 4.69) is 4.90 Å². The number of carbonyl (C=O) groups is 2. The van der Waals surface area contributed by atoms with Crippen molar-refractivity contribution in [3.63, 3.8) is 0 Å². The van der Waals surface area contributed by atoms with Gasteiger partial charge in [-0.1, -0.05) is 48.0 Å². The molecule has 0 saturated carbocycles. The molecule has 3 rings (SSSR count). The van der Waals surface area contributed by atoms with E-state index in [0.717, 1.165) is 24.2 Å². The van der Waals surface area contributed by atoms with Gasteiger partial charge in [0, 0.05) is 33.2 Å².